The fraction of sp³-hybridized carbons (Fsp3) is 0.429. The van der Waals surface area contributed by atoms with Crippen molar-refractivity contribution in [3.05, 3.63) is 51.6 Å². The van der Waals surface area contributed by atoms with E-state index in [2.05, 4.69) is 10.3 Å². The lowest BCUT2D eigenvalue weighted by Crippen LogP contribution is -2.45. The van der Waals surface area contributed by atoms with Gasteiger partial charge in [-0.05, 0) is 43.5 Å². The fourth-order valence-electron chi connectivity index (χ4n) is 3.44. The Bertz CT molecular complexity index is 870. The van der Waals surface area contributed by atoms with Gasteiger partial charge in [0.25, 0.3) is 0 Å². The first-order valence-corrected chi connectivity index (χ1v) is 10.2. The van der Waals surface area contributed by atoms with Gasteiger partial charge in [0.15, 0.2) is 0 Å². The molecule has 8 heteroatoms. The number of rotatable bonds is 7. The Balaban J connectivity index is 1.84. The van der Waals surface area contributed by atoms with Crippen molar-refractivity contribution in [2.75, 3.05) is 38.9 Å². The summed E-state index contributed by atoms with van der Waals surface area (Å²) in [6.45, 7) is 3.68. The molecule has 3 rings (SSSR count). The van der Waals surface area contributed by atoms with Crippen LogP contribution in [0.25, 0.3) is 0 Å². The van der Waals surface area contributed by atoms with Crippen molar-refractivity contribution >= 4 is 34.8 Å². The average Bonchev–Trinajstić information content (AvgIpc) is 2.70. The molecule has 1 saturated heterocycles. The van der Waals surface area contributed by atoms with Crippen LogP contribution in [0, 0.1) is 6.92 Å². The average molecular weight is 439 g/mol. The second-order valence-electron chi connectivity index (χ2n) is 6.90. The molecule has 2 aromatic rings. The Morgan fingerprint density at radius 1 is 1.21 bits per heavy atom. The van der Waals surface area contributed by atoms with Crippen LogP contribution in [-0.4, -0.2) is 44.4 Å². The quantitative estimate of drug-likeness (QED) is 0.648. The summed E-state index contributed by atoms with van der Waals surface area (Å²) in [6, 6.07) is 8.77. The minimum Gasteiger partial charge on any atom is -0.475 e. The van der Waals surface area contributed by atoms with Crippen molar-refractivity contribution in [1.29, 1.82) is 0 Å². The maximum Gasteiger partial charge on any atom is 0.235 e. The SMILES string of the molecule is COCCOc1ccc(NC(=O)C2(c3ccc(Cl)cc3Cl)CCOCC2)c(C)n1. The van der Waals surface area contributed by atoms with Crippen LogP contribution in [0.1, 0.15) is 24.1 Å². The number of benzene rings is 1. The van der Waals surface area contributed by atoms with Crippen LogP contribution in [0.3, 0.4) is 0 Å². The van der Waals surface area contributed by atoms with Gasteiger partial charge in [0.2, 0.25) is 11.8 Å². The molecule has 1 aromatic carbocycles. The summed E-state index contributed by atoms with van der Waals surface area (Å²) < 4.78 is 16.0. The predicted molar refractivity (Wildman–Crippen MR) is 113 cm³/mol. The van der Waals surface area contributed by atoms with Crippen LogP contribution in [0.2, 0.25) is 10.0 Å². The highest BCUT2D eigenvalue weighted by atomic mass is 35.5. The molecular weight excluding hydrogens is 415 g/mol. The van der Waals surface area contributed by atoms with E-state index >= 15 is 0 Å². The number of carbonyl (C=O) groups is 1. The number of aryl methyl sites for hydroxylation is 1. The summed E-state index contributed by atoms with van der Waals surface area (Å²) in [6.07, 6.45) is 1.07. The second kappa shape index (κ2) is 9.76. The molecule has 0 atom stereocenters. The lowest BCUT2D eigenvalue weighted by molar-refractivity contribution is -0.125. The van der Waals surface area contributed by atoms with Crippen molar-refractivity contribution in [2.45, 2.75) is 25.2 Å². The monoisotopic (exact) mass is 438 g/mol. The summed E-state index contributed by atoms with van der Waals surface area (Å²) in [5.41, 5.74) is 1.26. The van der Waals surface area contributed by atoms with Gasteiger partial charge in [-0.25, -0.2) is 4.98 Å². The number of ether oxygens (including phenoxy) is 3. The number of methoxy groups -OCH3 is 1. The largest absolute Gasteiger partial charge is 0.475 e. The van der Waals surface area contributed by atoms with Crippen molar-refractivity contribution in [2.24, 2.45) is 0 Å². The zero-order valence-electron chi connectivity index (χ0n) is 16.5. The third-order valence-electron chi connectivity index (χ3n) is 5.07. The standard InChI is InChI=1S/C21H24Cl2N2O4/c1-14-18(5-6-19(24-14)29-12-11-27-2)25-20(26)21(7-9-28-10-8-21)16-4-3-15(22)13-17(16)23/h3-6,13H,7-12H2,1-2H3,(H,25,26). The van der Waals surface area contributed by atoms with E-state index in [1.165, 1.54) is 0 Å². The molecule has 0 saturated carbocycles. The van der Waals surface area contributed by atoms with Crippen molar-refractivity contribution in [3.8, 4) is 5.88 Å². The topological polar surface area (TPSA) is 69.7 Å². The minimum atomic E-state index is -0.792. The molecule has 1 aromatic heterocycles. The van der Waals surface area contributed by atoms with Gasteiger partial charge in [0, 0.05) is 36.4 Å². The van der Waals surface area contributed by atoms with E-state index in [0.29, 0.717) is 66.6 Å². The molecule has 156 valence electrons. The smallest absolute Gasteiger partial charge is 0.235 e. The van der Waals surface area contributed by atoms with Gasteiger partial charge in [-0.1, -0.05) is 29.3 Å². The number of anilines is 1. The van der Waals surface area contributed by atoms with E-state index < -0.39 is 5.41 Å². The molecule has 1 aliphatic heterocycles. The van der Waals surface area contributed by atoms with Crippen LogP contribution >= 0.6 is 23.2 Å². The number of carbonyl (C=O) groups excluding carboxylic acids is 1. The van der Waals surface area contributed by atoms with E-state index in [0.717, 1.165) is 5.56 Å². The number of pyridine rings is 1. The molecule has 2 heterocycles. The van der Waals surface area contributed by atoms with Crippen LogP contribution in [0.4, 0.5) is 5.69 Å². The Labute approximate surface area is 180 Å². The van der Waals surface area contributed by atoms with Crippen LogP contribution in [0.15, 0.2) is 30.3 Å². The highest BCUT2D eigenvalue weighted by Crippen LogP contribution is 2.40. The third-order valence-corrected chi connectivity index (χ3v) is 5.62. The lowest BCUT2D eigenvalue weighted by atomic mass is 9.73. The summed E-state index contributed by atoms with van der Waals surface area (Å²) >= 11 is 12.5. The van der Waals surface area contributed by atoms with Crippen molar-refractivity contribution < 1.29 is 19.0 Å². The fourth-order valence-corrected chi connectivity index (χ4v) is 4.03. The van der Waals surface area contributed by atoms with Gasteiger partial charge in [-0.15, -0.1) is 0 Å². The van der Waals surface area contributed by atoms with Crippen molar-refractivity contribution in [3.63, 3.8) is 0 Å². The number of halogens is 2. The maximum atomic E-state index is 13.4. The first-order chi connectivity index (χ1) is 14.0. The highest BCUT2D eigenvalue weighted by molar-refractivity contribution is 6.35. The van der Waals surface area contributed by atoms with Crippen LogP contribution in [-0.2, 0) is 19.7 Å². The Hall–Kier alpha value is -1.86. The maximum absolute atomic E-state index is 13.4. The molecule has 1 amide bonds. The highest BCUT2D eigenvalue weighted by Gasteiger charge is 2.43. The molecule has 0 unspecified atom stereocenters. The van der Waals surface area contributed by atoms with Gasteiger partial charge >= 0.3 is 0 Å². The van der Waals surface area contributed by atoms with E-state index in [9.17, 15) is 4.79 Å². The van der Waals surface area contributed by atoms with Gasteiger partial charge < -0.3 is 19.5 Å². The lowest BCUT2D eigenvalue weighted by Gasteiger charge is -2.37. The van der Waals surface area contributed by atoms with Crippen LogP contribution < -0.4 is 10.1 Å². The van der Waals surface area contributed by atoms with E-state index in [1.54, 1.807) is 31.4 Å². The molecule has 0 aliphatic carbocycles. The Morgan fingerprint density at radius 3 is 2.62 bits per heavy atom. The molecule has 1 aliphatic rings. The zero-order chi connectivity index (χ0) is 20.9. The number of hydrogen-bond acceptors (Lipinski definition) is 5. The van der Waals surface area contributed by atoms with E-state index in [1.807, 2.05) is 13.0 Å². The normalized spacial score (nSPS) is 15.7. The van der Waals surface area contributed by atoms with Gasteiger partial charge in [-0.2, -0.15) is 0 Å². The van der Waals surface area contributed by atoms with E-state index in [-0.39, 0.29) is 5.91 Å². The zero-order valence-corrected chi connectivity index (χ0v) is 18.0. The molecule has 0 radical (unpaired) electrons. The number of amides is 1. The molecule has 1 fully saturated rings. The molecule has 0 bridgehead atoms. The number of nitrogens with zero attached hydrogens (tertiary/aromatic N) is 1. The van der Waals surface area contributed by atoms with E-state index in [4.69, 9.17) is 37.4 Å². The second-order valence-corrected chi connectivity index (χ2v) is 7.74. The Morgan fingerprint density at radius 2 is 1.97 bits per heavy atom. The summed E-state index contributed by atoms with van der Waals surface area (Å²) in [5.74, 6) is 0.349. The molecule has 0 spiro atoms. The van der Waals surface area contributed by atoms with Crippen molar-refractivity contribution in [1.82, 2.24) is 4.98 Å². The molecule has 6 nitrogen and oxygen atoms in total. The number of nitrogens with one attached hydrogen (secondary N) is 1. The van der Waals surface area contributed by atoms with Gasteiger partial charge in [-0.3, -0.25) is 4.79 Å². The van der Waals surface area contributed by atoms with Crippen LogP contribution in [0.5, 0.6) is 5.88 Å². The molecular formula is C21H24Cl2N2O4. The summed E-state index contributed by atoms with van der Waals surface area (Å²) in [5, 5.41) is 4.04. The Kier molecular flexibility index (Phi) is 7.35. The van der Waals surface area contributed by atoms with Gasteiger partial charge in [0.1, 0.15) is 6.61 Å². The first kappa shape index (κ1) is 21.8. The first-order valence-electron chi connectivity index (χ1n) is 9.40. The summed E-state index contributed by atoms with van der Waals surface area (Å²) in [7, 11) is 1.61. The number of hydrogen-bond donors (Lipinski definition) is 1. The third kappa shape index (κ3) is 5.01. The molecule has 29 heavy (non-hydrogen) atoms. The number of aromatic nitrogens is 1. The van der Waals surface area contributed by atoms with Gasteiger partial charge in [0.05, 0.1) is 23.4 Å². The predicted octanol–water partition coefficient (Wildman–Crippen LogP) is 4.41. The minimum absolute atomic E-state index is 0.136. The summed E-state index contributed by atoms with van der Waals surface area (Å²) in [4.78, 5) is 17.8. The molecule has 1 N–H and O–H groups in total.